The van der Waals surface area contributed by atoms with E-state index in [2.05, 4.69) is 29.2 Å². The number of benzene rings is 1. The molecule has 0 unspecified atom stereocenters. The molecule has 0 spiro atoms. The number of oxazole rings is 1. The summed E-state index contributed by atoms with van der Waals surface area (Å²) in [4.78, 5) is 4.45. The SMILES string of the molecule is CC(C)NCc1coc(-n2ncc3ccccc32)n1. The average molecular weight is 256 g/mol. The van der Waals surface area contributed by atoms with E-state index in [-0.39, 0.29) is 0 Å². The van der Waals surface area contributed by atoms with Gasteiger partial charge in [-0.25, -0.2) is 0 Å². The molecule has 3 rings (SSSR count). The Kier molecular flexibility index (Phi) is 3.05. The Bertz CT molecular complexity index is 683. The van der Waals surface area contributed by atoms with Gasteiger partial charge in [-0.05, 0) is 6.07 Å². The lowest BCUT2D eigenvalue weighted by atomic mass is 10.3. The number of aromatic nitrogens is 3. The molecule has 5 heteroatoms. The van der Waals surface area contributed by atoms with Crippen LogP contribution < -0.4 is 5.32 Å². The van der Waals surface area contributed by atoms with Crippen LogP contribution in [-0.4, -0.2) is 20.8 Å². The van der Waals surface area contributed by atoms with Crippen molar-refractivity contribution in [1.29, 1.82) is 0 Å². The minimum absolute atomic E-state index is 0.422. The van der Waals surface area contributed by atoms with Crippen LogP contribution in [0.5, 0.6) is 0 Å². The summed E-state index contributed by atoms with van der Waals surface area (Å²) in [6.07, 6.45) is 3.48. The van der Waals surface area contributed by atoms with Crippen molar-refractivity contribution in [2.75, 3.05) is 0 Å². The van der Waals surface area contributed by atoms with Gasteiger partial charge in [0.25, 0.3) is 0 Å². The van der Waals surface area contributed by atoms with Crippen LogP contribution in [0.15, 0.2) is 41.1 Å². The van der Waals surface area contributed by atoms with E-state index in [1.807, 2.05) is 30.5 Å². The third-order valence-electron chi connectivity index (χ3n) is 2.89. The van der Waals surface area contributed by atoms with Crippen LogP contribution in [0.4, 0.5) is 0 Å². The van der Waals surface area contributed by atoms with Gasteiger partial charge >= 0.3 is 6.01 Å². The van der Waals surface area contributed by atoms with E-state index in [1.54, 1.807) is 10.9 Å². The molecule has 0 saturated carbocycles. The molecule has 1 N–H and O–H groups in total. The second-order valence-corrected chi connectivity index (χ2v) is 4.77. The largest absolute Gasteiger partial charge is 0.430 e. The summed E-state index contributed by atoms with van der Waals surface area (Å²) in [7, 11) is 0. The topological polar surface area (TPSA) is 55.9 Å². The Hall–Kier alpha value is -2.14. The molecule has 0 fully saturated rings. The molecular formula is C14H16N4O. The summed E-state index contributed by atoms with van der Waals surface area (Å²) >= 11 is 0. The third-order valence-corrected chi connectivity index (χ3v) is 2.89. The van der Waals surface area contributed by atoms with Crippen LogP contribution in [0.3, 0.4) is 0 Å². The van der Waals surface area contributed by atoms with Gasteiger partial charge in [-0.1, -0.05) is 32.0 Å². The van der Waals surface area contributed by atoms with Crippen molar-refractivity contribution < 1.29 is 4.42 Å². The highest BCUT2D eigenvalue weighted by Gasteiger charge is 2.10. The Morgan fingerprint density at radius 3 is 3.00 bits per heavy atom. The summed E-state index contributed by atoms with van der Waals surface area (Å²) in [5.74, 6) is 0. The van der Waals surface area contributed by atoms with Crippen molar-refractivity contribution >= 4 is 10.9 Å². The lowest BCUT2D eigenvalue weighted by Gasteiger charge is -2.04. The second kappa shape index (κ2) is 4.85. The molecule has 0 saturated heterocycles. The monoisotopic (exact) mass is 256 g/mol. The van der Waals surface area contributed by atoms with E-state index in [4.69, 9.17) is 4.42 Å². The van der Waals surface area contributed by atoms with Crippen molar-refractivity contribution in [2.45, 2.75) is 26.4 Å². The molecule has 0 radical (unpaired) electrons. The van der Waals surface area contributed by atoms with Gasteiger partial charge < -0.3 is 9.73 Å². The van der Waals surface area contributed by atoms with E-state index < -0.39 is 0 Å². The lowest BCUT2D eigenvalue weighted by molar-refractivity contribution is 0.513. The zero-order valence-electron chi connectivity index (χ0n) is 11.0. The molecule has 3 aromatic rings. The first-order valence-electron chi connectivity index (χ1n) is 6.35. The van der Waals surface area contributed by atoms with Crippen LogP contribution in [0.25, 0.3) is 16.9 Å². The number of fused-ring (bicyclic) bond motifs is 1. The van der Waals surface area contributed by atoms with E-state index >= 15 is 0 Å². The van der Waals surface area contributed by atoms with Crippen molar-refractivity contribution in [3.63, 3.8) is 0 Å². The van der Waals surface area contributed by atoms with Gasteiger partial charge in [0, 0.05) is 18.0 Å². The van der Waals surface area contributed by atoms with Crippen LogP contribution in [-0.2, 0) is 6.54 Å². The Morgan fingerprint density at radius 2 is 2.16 bits per heavy atom. The summed E-state index contributed by atoms with van der Waals surface area (Å²) in [6, 6.07) is 8.90. The minimum Gasteiger partial charge on any atom is -0.430 e. The molecule has 0 aliphatic carbocycles. The minimum atomic E-state index is 0.422. The third kappa shape index (κ3) is 2.37. The summed E-state index contributed by atoms with van der Waals surface area (Å²) in [5.41, 5.74) is 1.87. The Labute approximate surface area is 111 Å². The molecule has 0 bridgehead atoms. The Morgan fingerprint density at radius 1 is 1.32 bits per heavy atom. The van der Waals surface area contributed by atoms with Gasteiger partial charge in [0.05, 0.1) is 17.4 Å². The number of nitrogens with one attached hydrogen (secondary N) is 1. The average Bonchev–Trinajstić information content (AvgIpc) is 3.02. The van der Waals surface area contributed by atoms with Crippen molar-refractivity contribution in [3.8, 4) is 6.01 Å². The number of para-hydroxylation sites is 1. The second-order valence-electron chi connectivity index (χ2n) is 4.77. The first-order valence-corrected chi connectivity index (χ1v) is 6.35. The lowest BCUT2D eigenvalue weighted by Crippen LogP contribution is -2.21. The van der Waals surface area contributed by atoms with E-state index in [0.29, 0.717) is 18.6 Å². The highest BCUT2D eigenvalue weighted by atomic mass is 16.4. The molecule has 2 aromatic heterocycles. The van der Waals surface area contributed by atoms with Crippen LogP contribution in [0.1, 0.15) is 19.5 Å². The van der Waals surface area contributed by atoms with Gasteiger partial charge in [0.1, 0.15) is 6.26 Å². The molecule has 19 heavy (non-hydrogen) atoms. The van der Waals surface area contributed by atoms with Crippen LogP contribution in [0, 0.1) is 0 Å². The number of hydrogen-bond donors (Lipinski definition) is 1. The predicted octanol–water partition coefficient (Wildman–Crippen LogP) is 2.51. The van der Waals surface area contributed by atoms with Gasteiger partial charge in [0.15, 0.2) is 0 Å². The standard InChI is InChI=1S/C14H16N4O/c1-10(2)15-8-12-9-19-14(17-12)18-13-6-4-3-5-11(13)7-16-18/h3-7,9-10,15H,8H2,1-2H3. The number of hydrogen-bond acceptors (Lipinski definition) is 4. The first-order chi connectivity index (χ1) is 9.24. The predicted molar refractivity (Wildman–Crippen MR) is 73.1 cm³/mol. The summed E-state index contributed by atoms with van der Waals surface area (Å²) < 4.78 is 7.22. The fraction of sp³-hybridized carbons (Fsp3) is 0.286. The molecule has 5 nitrogen and oxygen atoms in total. The van der Waals surface area contributed by atoms with Crippen molar-refractivity contribution in [1.82, 2.24) is 20.1 Å². The maximum absolute atomic E-state index is 5.50. The highest BCUT2D eigenvalue weighted by molar-refractivity contribution is 5.79. The maximum atomic E-state index is 5.50. The molecule has 98 valence electrons. The first kappa shape index (κ1) is 11.9. The number of nitrogens with zero attached hydrogens (tertiary/aromatic N) is 3. The van der Waals surface area contributed by atoms with E-state index in [1.165, 1.54) is 0 Å². The highest BCUT2D eigenvalue weighted by Crippen LogP contribution is 2.17. The molecule has 0 amide bonds. The zero-order valence-corrected chi connectivity index (χ0v) is 11.0. The molecule has 0 atom stereocenters. The fourth-order valence-corrected chi connectivity index (χ4v) is 1.91. The van der Waals surface area contributed by atoms with Gasteiger partial charge in [-0.3, -0.25) is 0 Å². The van der Waals surface area contributed by atoms with Crippen LogP contribution >= 0.6 is 0 Å². The normalized spacial score (nSPS) is 11.5. The Balaban J connectivity index is 1.90. The van der Waals surface area contributed by atoms with Crippen molar-refractivity contribution in [3.05, 3.63) is 42.4 Å². The maximum Gasteiger partial charge on any atom is 0.323 e. The zero-order chi connectivity index (χ0) is 13.2. The molecule has 1 aromatic carbocycles. The molecule has 0 aliphatic heterocycles. The van der Waals surface area contributed by atoms with Crippen LogP contribution in [0.2, 0.25) is 0 Å². The smallest absolute Gasteiger partial charge is 0.323 e. The molecule has 0 aliphatic rings. The van der Waals surface area contributed by atoms with Gasteiger partial charge in [0.2, 0.25) is 0 Å². The van der Waals surface area contributed by atoms with E-state index in [0.717, 1.165) is 16.6 Å². The molecule has 2 heterocycles. The van der Waals surface area contributed by atoms with Crippen molar-refractivity contribution in [2.24, 2.45) is 0 Å². The molecular weight excluding hydrogens is 240 g/mol. The van der Waals surface area contributed by atoms with E-state index in [9.17, 15) is 0 Å². The van der Waals surface area contributed by atoms with Gasteiger partial charge in [-0.15, -0.1) is 0 Å². The van der Waals surface area contributed by atoms with Gasteiger partial charge in [-0.2, -0.15) is 14.8 Å². The summed E-state index contributed by atoms with van der Waals surface area (Å²) in [5, 5.41) is 8.69. The quantitative estimate of drug-likeness (QED) is 0.779. The summed E-state index contributed by atoms with van der Waals surface area (Å²) in [6.45, 7) is 4.89. The fourth-order valence-electron chi connectivity index (χ4n) is 1.91. The number of rotatable bonds is 4.